The number of carbonyl (C=O) groups excluding carboxylic acids is 1. The van der Waals surface area contributed by atoms with Gasteiger partial charge in [0, 0.05) is 12.2 Å². The second-order valence-corrected chi connectivity index (χ2v) is 3.69. The molecule has 0 fully saturated rings. The lowest BCUT2D eigenvalue weighted by Crippen LogP contribution is -2.37. The SMILES string of the molecule is CC(C)CC(CO)NC(=O)C=CC(=O)O. The second kappa shape index (κ2) is 7.00. The molecule has 0 aliphatic heterocycles. The molecular weight excluding hydrogens is 198 g/mol. The Morgan fingerprint density at radius 2 is 1.93 bits per heavy atom. The number of aliphatic carboxylic acids is 1. The van der Waals surface area contributed by atoms with Crippen LogP contribution in [0.5, 0.6) is 0 Å². The smallest absolute Gasteiger partial charge is 0.328 e. The molecule has 0 aromatic carbocycles. The summed E-state index contributed by atoms with van der Waals surface area (Å²) in [7, 11) is 0. The Morgan fingerprint density at radius 1 is 1.33 bits per heavy atom. The van der Waals surface area contributed by atoms with Gasteiger partial charge in [-0.25, -0.2) is 4.79 Å². The molecular formula is C10H17NO4. The maximum Gasteiger partial charge on any atom is 0.328 e. The molecule has 0 rings (SSSR count). The van der Waals surface area contributed by atoms with Gasteiger partial charge in [-0.05, 0) is 12.3 Å². The fraction of sp³-hybridized carbons (Fsp3) is 0.600. The van der Waals surface area contributed by atoms with Crippen molar-refractivity contribution in [2.45, 2.75) is 26.3 Å². The van der Waals surface area contributed by atoms with Gasteiger partial charge < -0.3 is 15.5 Å². The standard InChI is InChI=1S/C10H17NO4/c1-7(2)5-8(6-12)11-9(13)3-4-10(14)15/h3-4,7-8,12H,5-6H2,1-2H3,(H,11,13)(H,14,15). The minimum Gasteiger partial charge on any atom is -0.478 e. The number of hydrogen-bond acceptors (Lipinski definition) is 3. The summed E-state index contributed by atoms with van der Waals surface area (Å²) in [5.41, 5.74) is 0. The molecule has 0 aliphatic carbocycles. The van der Waals surface area contributed by atoms with Crippen LogP contribution in [-0.2, 0) is 9.59 Å². The molecule has 0 spiro atoms. The lowest BCUT2D eigenvalue weighted by atomic mass is 10.0. The number of hydrogen-bond donors (Lipinski definition) is 3. The summed E-state index contributed by atoms with van der Waals surface area (Å²) in [6.45, 7) is 3.80. The van der Waals surface area contributed by atoms with Crippen LogP contribution >= 0.6 is 0 Å². The Balaban J connectivity index is 4.07. The predicted molar refractivity (Wildman–Crippen MR) is 55.2 cm³/mol. The number of carboxylic acids is 1. The molecule has 0 aromatic heterocycles. The number of carboxylic acid groups (broad SMARTS) is 1. The summed E-state index contributed by atoms with van der Waals surface area (Å²) in [6, 6.07) is -0.323. The molecule has 1 amide bonds. The van der Waals surface area contributed by atoms with Crippen molar-refractivity contribution in [1.82, 2.24) is 5.32 Å². The molecule has 0 aliphatic rings. The molecule has 0 aromatic rings. The van der Waals surface area contributed by atoms with Crippen molar-refractivity contribution in [3.63, 3.8) is 0 Å². The van der Waals surface area contributed by atoms with E-state index in [0.717, 1.165) is 12.2 Å². The summed E-state index contributed by atoms with van der Waals surface area (Å²) in [5, 5.41) is 19.7. The fourth-order valence-corrected chi connectivity index (χ4v) is 1.14. The highest BCUT2D eigenvalue weighted by Gasteiger charge is 2.11. The van der Waals surface area contributed by atoms with E-state index in [1.54, 1.807) is 0 Å². The maximum absolute atomic E-state index is 11.1. The van der Waals surface area contributed by atoms with Gasteiger partial charge in [-0.15, -0.1) is 0 Å². The van der Waals surface area contributed by atoms with E-state index in [1.807, 2.05) is 13.8 Å². The summed E-state index contributed by atoms with van der Waals surface area (Å²) >= 11 is 0. The highest BCUT2D eigenvalue weighted by Crippen LogP contribution is 2.03. The van der Waals surface area contributed by atoms with Gasteiger partial charge in [0.25, 0.3) is 0 Å². The molecule has 5 nitrogen and oxygen atoms in total. The monoisotopic (exact) mass is 215 g/mol. The van der Waals surface area contributed by atoms with Crippen LogP contribution in [0, 0.1) is 5.92 Å². The van der Waals surface area contributed by atoms with Crippen LogP contribution in [0.1, 0.15) is 20.3 Å². The first-order valence-electron chi connectivity index (χ1n) is 4.78. The first-order valence-corrected chi connectivity index (χ1v) is 4.78. The van der Waals surface area contributed by atoms with Crippen LogP contribution in [0.25, 0.3) is 0 Å². The Labute approximate surface area is 88.8 Å². The zero-order valence-corrected chi connectivity index (χ0v) is 8.93. The van der Waals surface area contributed by atoms with Crippen molar-refractivity contribution in [1.29, 1.82) is 0 Å². The van der Waals surface area contributed by atoms with Gasteiger partial charge in [0.2, 0.25) is 5.91 Å². The Hall–Kier alpha value is -1.36. The van der Waals surface area contributed by atoms with Crippen LogP contribution in [0.15, 0.2) is 12.2 Å². The van der Waals surface area contributed by atoms with E-state index in [4.69, 9.17) is 10.2 Å². The third kappa shape index (κ3) is 7.69. The molecule has 0 heterocycles. The number of amides is 1. The minimum atomic E-state index is -1.17. The van der Waals surface area contributed by atoms with E-state index in [0.29, 0.717) is 12.3 Å². The summed E-state index contributed by atoms with van der Waals surface area (Å²) in [5.74, 6) is -1.32. The van der Waals surface area contributed by atoms with Crippen LogP contribution in [0.2, 0.25) is 0 Å². The van der Waals surface area contributed by atoms with Crippen molar-refractivity contribution in [2.24, 2.45) is 5.92 Å². The Bertz CT molecular complexity index is 248. The molecule has 0 radical (unpaired) electrons. The van der Waals surface area contributed by atoms with Crippen LogP contribution in [0.4, 0.5) is 0 Å². The van der Waals surface area contributed by atoms with Gasteiger partial charge in [-0.3, -0.25) is 4.79 Å². The molecule has 1 atom stereocenters. The van der Waals surface area contributed by atoms with Crippen LogP contribution in [-0.4, -0.2) is 34.7 Å². The van der Waals surface area contributed by atoms with Crippen molar-refractivity contribution < 1.29 is 19.8 Å². The lowest BCUT2D eigenvalue weighted by Gasteiger charge is -2.16. The number of rotatable bonds is 6. The first-order chi connectivity index (χ1) is 6.95. The minimum absolute atomic E-state index is 0.148. The van der Waals surface area contributed by atoms with Crippen LogP contribution < -0.4 is 5.32 Å². The molecule has 0 bridgehead atoms. The third-order valence-corrected chi connectivity index (χ3v) is 1.70. The lowest BCUT2D eigenvalue weighted by molar-refractivity contribution is -0.131. The van der Waals surface area contributed by atoms with E-state index in [2.05, 4.69) is 5.32 Å². The largest absolute Gasteiger partial charge is 0.478 e. The predicted octanol–water partition coefficient (Wildman–Crippen LogP) is 0.150. The summed E-state index contributed by atoms with van der Waals surface area (Å²) < 4.78 is 0. The Kier molecular flexibility index (Phi) is 6.37. The average molecular weight is 215 g/mol. The average Bonchev–Trinajstić information content (AvgIpc) is 2.13. The van der Waals surface area contributed by atoms with Crippen molar-refractivity contribution >= 4 is 11.9 Å². The van der Waals surface area contributed by atoms with E-state index in [9.17, 15) is 9.59 Å². The number of nitrogens with one attached hydrogen (secondary N) is 1. The van der Waals surface area contributed by atoms with Crippen molar-refractivity contribution in [2.75, 3.05) is 6.61 Å². The first kappa shape index (κ1) is 13.6. The molecule has 5 heteroatoms. The van der Waals surface area contributed by atoms with E-state index < -0.39 is 11.9 Å². The quantitative estimate of drug-likeness (QED) is 0.550. The molecule has 3 N–H and O–H groups in total. The van der Waals surface area contributed by atoms with E-state index in [1.165, 1.54) is 0 Å². The number of aliphatic hydroxyl groups excluding tert-OH is 1. The second-order valence-electron chi connectivity index (χ2n) is 3.69. The summed E-state index contributed by atoms with van der Waals surface area (Å²) in [6.07, 6.45) is 2.35. The van der Waals surface area contributed by atoms with Crippen molar-refractivity contribution in [3.05, 3.63) is 12.2 Å². The summed E-state index contributed by atoms with van der Waals surface area (Å²) in [4.78, 5) is 21.2. The molecule has 86 valence electrons. The fourth-order valence-electron chi connectivity index (χ4n) is 1.14. The van der Waals surface area contributed by atoms with E-state index in [-0.39, 0.29) is 12.6 Å². The van der Waals surface area contributed by atoms with E-state index >= 15 is 0 Å². The normalized spacial score (nSPS) is 13.1. The number of carbonyl (C=O) groups is 2. The van der Waals surface area contributed by atoms with Gasteiger partial charge in [-0.1, -0.05) is 13.8 Å². The van der Waals surface area contributed by atoms with Gasteiger partial charge in [0.15, 0.2) is 0 Å². The molecule has 0 saturated heterocycles. The van der Waals surface area contributed by atoms with Gasteiger partial charge >= 0.3 is 5.97 Å². The highest BCUT2D eigenvalue weighted by atomic mass is 16.4. The third-order valence-electron chi connectivity index (χ3n) is 1.70. The molecule has 15 heavy (non-hydrogen) atoms. The topological polar surface area (TPSA) is 86.6 Å². The number of aliphatic hydroxyl groups is 1. The zero-order valence-electron chi connectivity index (χ0n) is 8.93. The van der Waals surface area contributed by atoms with Crippen LogP contribution in [0.3, 0.4) is 0 Å². The van der Waals surface area contributed by atoms with Crippen molar-refractivity contribution in [3.8, 4) is 0 Å². The van der Waals surface area contributed by atoms with Gasteiger partial charge in [-0.2, -0.15) is 0 Å². The van der Waals surface area contributed by atoms with Gasteiger partial charge in [0.05, 0.1) is 12.6 Å². The zero-order chi connectivity index (χ0) is 11.8. The Morgan fingerprint density at radius 3 is 2.33 bits per heavy atom. The highest BCUT2D eigenvalue weighted by molar-refractivity contribution is 5.93. The molecule has 0 saturated carbocycles. The van der Waals surface area contributed by atoms with Gasteiger partial charge in [0.1, 0.15) is 0 Å². The molecule has 1 unspecified atom stereocenters. The maximum atomic E-state index is 11.1.